The summed E-state index contributed by atoms with van der Waals surface area (Å²) in [7, 11) is 0. The van der Waals surface area contributed by atoms with Crippen LogP contribution in [0, 0.1) is 13.8 Å². The molecule has 1 amide bonds. The molecule has 2 aromatic carbocycles. The molecule has 0 radical (unpaired) electrons. The van der Waals surface area contributed by atoms with Gasteiger partial charge in [-0.25, -0.2) is 4.79 Å². The fourth-order valence-electron chi connectivity index (χ4n) is 2.08. The Bertz CT molecular complexity index is 725. The minimum atomic E-state index is -1.05. The lowest BCUT2D eigenvalue weighted by Crippen LogP contribution is -2.20. The molecule has 24 heavy (non-hydrogen) atoms. The van der Waals surface area contributed by atoms with Crippen molar-refractivity contribution in [1.29, 1.82) is 0 Å². The van der Waals surface area contributed by atoms with Crippen LogP contribution in [0.25, 0.3) is 0 Å². The maximum absolute atomic E-state index is 11.9. The van der Waals surface area contributed by atoms with Crippen molar-refractivity contribution in [2.45, 2.75) is 13.8 Å². The minimum absolute atomic E-state index is 0.0961. The average Bonchev–Trinajstić information content (AvgIpc) is 2.53. The molecule has 0 aliphatic rings. The summed E-state index contributed by atoms with van der Waals surface area (Å²) in [4.78, 5) is 22.3. The Morgan fingerprint density at radius 2 is 1.71 bits per heavy atom. The zero-order valence-corrected chi connectivity index (χ0v) is 13.5. The highest BCUT2D eigenvalue weighted by Gasteiger charge is 2.06. The lowest BCUT2D eigenvalue weighted by molar-refractivity contribution is -0.139. The fraction of sp³-hybridized carbons (Fsp3) is 0.222. The molecule has 0 heterocycles. The first kappa shape index (κ1) is 17.3. The highest BCUT2D eigenvalue weighted by Crippen LogP contribution is 2.19. The van der Waals surface area contributed by atoms with Crippen molar-refractivity contribution < 1.29 is 24.2 Å². The number of anilines is 1. The molecule has 0 atom stereocenters. The van der Waals surface area contributed by atoms with Gasteiger partial charge in [0.2, 0.25) is 0 Å². The van der Waals surface area contributed by atoms with Gasteiger partial charge in [0.1, 0.15) is 11.5 Å². The predicted octanol–water partition coefficient (Wildman–Crippen LogP) is 2.78. The third-order valence-corrected chi connectivity index (χ3v) is 3.19. The lowest BCUT2D eigenvalue weighted by atomic mass is 10.1. The van der Waals surface area contributed by atoms with E-state index >= 15 is 0 Å². The van der Waals surface area contributed by atoms with Gasteiger partial charge in [-0.3, -0.25) is 4.79 Å². The van der Waals surface area contributed by atoms with Gasteiger partial charge in [-0.1, -0.05) is 17.7 Å². The molecule has 0 unspecified atom stereocenters. The molecule has 6 heteroatoms. The van der Waals surface area contributed by atoms with Crippen molar-refractivity contribution in [3.05, 3.63) is 53.6 Å². The maximum Gasteiger partial charge on any atom is 0.341 e. The number of aryl methyl sites for hydroxylation is 2. The summed E-state index contributed by atoms with van der Waals surface area (Å²) in [6.07, 6.45) is 0. The average molecular weight is 329 g/mol. The topological polar surface area (TPSA) is 84.9 Å². The smallest absolute Gasteiger partial charge is 0.341 e. The summed E-state index contributed by atoms with van der Waals surface area (Å²) in [5, 5.41) is 11.2. The van der Waals surface area contributed by atoms with Crippen molar-refractivity contribution in [2.24, 2.45) is 0 Å². The summed E-state index contributed by atoms with van der Waals surface area (Å²) >= 11 is 0. The number of carboxylic acid groups (broad SMARTS) is 1. The van der Waals surface area contributed by atoms with E-state index in [4.69, 9.17) is 14.6 Å². The number of carbonyl (C=O) groups is 2. The summed E-state index contributed by atoms with van der Waals surface area (Å²) in [5.74, 6) is -0.236. The second-order valence-electron chi connectivity index (χ2n) is 5.31. The van der Waals surface area contributed by atoms with E-state index in [-0.39, 0.29) is 12.5 Å². The summed E-state index contributed by atoms with van der Waals surface area (Å²) < 4.78 is 10.5. The summed E-state index contributed by atoms with van der Waals surface area (Å²) in [6, 6.07) is 12.2. The Morgan fingerprint density at radius 1 is 1.00 bits per heavy atom. The first-order chi connectivity index (χ1) is 11.4. The zero-order chi connectivity index (χ0) is 17.5. The van der Waals surface area contributed by atoms with Crippen LogP contribution in [0.15, 0.2) is 42.5 Å². The molecular formula is C18H19NO5. The number of ether oxygens (including phenoxy) is 2. The summed E-state index contributed by atoms with van der Waals surface area (Å²) in [5.41, 5.74) is 2.68. The third-order valence-electron chi connectivity index (χ3n) is 3.19. The molecule has 6 nitrogen and oxygen atoms in total. The van der Waals surface area contributed by atoms with Gasteiger partial charge in [-0.05, 0) is 49.7 Å². The molecule has 0 aliphatic carbocycles. The van der Waals surface area contributed by atoms with Crippen LogP contribution in [0.3, 0.4) is 0 Å². The van der Waals surface area contributed by atoms with Crippen molar-refractivity contribution in [1.82, 2.24) is 0 Å². The highest BCUT2D eigenvalue weighted by molar-refractivity contribution is 5.91. The molecule has 0 aromatic heterocycles. The molecule has 0 spiro atoms. The number of benzene rings is 2. The van der Waals surface area contributed by atoms with E-state index in [9.17, 15) is 9.59 Å². The number of hydrogen-bond donors (Lipinski definition) is 2. The van der Waals surface area contributed by atoms with Gasteiger partial charge in [-0.2, -0.15) is 0 Å². The van der Waals surface area contributed by atoms with E-state index in [2.05, 4.69) is 5.32 Å². The minimum Gasteiger partial charge on any atom is -0.483 e. The molecule has 0 saturated carbocycles. The van der Waals surface area contributed by atoms with E-state index in [1.54, 1.807) is 24.3 Å². The Balaban J connectivity index is 1.84. The first-order valence-corrected chi connectivity index (χ1v) is 7.38. The quantitative estimate of drug-likeness (QED) is 0.816. The number of rotatable bonds is 7. The monoisotopic (exact) mass is 329 g/mol. The van der Waals surface area contributed by atoms with Crippen molar-refractivity contribution in [3.8, 4) is 11.5 Å². The van der Waals surface area contributed by atoms with Crippen LogP contribution in [0.2, 0.25) is 0 Å². The Labute approximate surface area is 140 Å². The number of carbonyl (C=O) groups excluding carboxylic acids is 1. The van der Waals surface area contributed by atoms with E-state index in [0.29, 0.717) is 17.2 Å². The van der Waals surface area contributed by atoms with E-state index < -0.39 is 12.6 Å². The van der Waals surface area contributed by atoms with Crippen LogP contribution in [-0.4, -0.2) is 30.2 Å². The SMILES string of the molecule is Cc1ccc(OCC(=O)Nc2ccc(OCC(=O)O)cc2)c(C)c1. The number of hydrogen-bond acceptors (Lipinski definition) is 4. The van der Waals surface area contributed by atoms with E-state index in [1.165, 1.54) is 0 Å². The van der Waals surface area contributed by atoms with Crippen LogP contribution < -0.4 is 14.8 Å². The van der Waals surface area contributed by atoms with Crippen LogP contribution in [0.5, 0.6) is 11.5 Å². The van der Waals surface area contributed by atoms with Gasteiger partial charge in [0.25, 0.3) is 5.91 Å². The Hall–Kier alpha value is -3.02. The third kappa shape index (κ3) is 5.31. The standard InChI is InChI=1S/C18H19NO5/c1-12-3-8-16(13(2)9-12)24-10-17(20)19-14-4-6-15(7-5-14)23-11-18(21)22/h3-9H,10-11H2,1-2H3,(H,19,20)(H,21,22). The van der Waals surface area contributed by atoms with Gasteiger partial charge < -0.3 is 19.9 Å². The van der Waals surface area contributed by atoms with Crippen LogP contribution in [-0.2, 0) is 9.59 Å². The molecule has 0 saturated heterocycles. The van der Waals surface area contributed by atoms with Crippen LogP contribution >= 0.6 is 0 Å². The van der Waals surface area contributed by atoms with Crippen molar-refractivity contribution in [3.63, 3.8) is 0 Å². The molecule has 0 bridgehead atoms. The van der Waals surface area contributed by atoms with Crippen molar-refractivity contribution >= 4 is 17.6 Å². The van der Waals surface area contributed by atoms with Gasteiger partial charge in [-0.15, -0.1) is 0 Å². The van der Waals surface area contributed by atoms with Crippen LogP contribution in [0.1, 0.15) is 11.1 Å². The van der Waals surface area contributed by atoms with Gasteiger partial charge in [0.15, 0.2) is 13.2 Å². The molecule has 2 rings (SSSR count). The van der Waals surface area contributed by atoms with Gasteiger partial charge >= 0.3 is 5.97 Å². The number of amides is 1. The second kappa shape index (κ2) is 8.01. The highest BCUT2D eigenvalue weighted by atomic mass is 16.5. The number of carboxylic acids is 1. The molecule has 2 aromatic rings. The molecule has 0 fully saturated rings. The molecule has 126 valence electrons. The zero-order valence-electron chi connectivity index (χ0n) is 13.5. The van der Waals surface area contributed by atoms with E-state index in [0.717, 1.165) is 11.1 Å². The van der Waals surface area contributed by atoms with Gasteiger partial charge in [0.05, 0.1) is 0 Å². The fourth-order valence-corrected chi connectivity index (χ4v) is 2.08. The Kier molecular flexibility index (Phi) is 5.78. The van der Waals surface area contributed by atoms with Crippen LogP contribution in [0.4, 0.5) is 5.69 Å². The lowest BCUT2D eigenvalue weighted by Gasteiger charge is -2.10. The molecule has 2 N–H and O–H groups in total. The second-order valence-corrected chi connectivity index (χ2v) is 5.31. The molecular weight excluding hydrogens is 310 g/mol. The maximum atomic E-state index is 11.9. The first-order valence-electron chi connectivity index (χ1n) is 7.38. The predicted molar refractivity (Wildman–Crippen MR) is 89.6 cm³/mol. The number of nitrogens with one attached hydrogen (secondary N) is 1. The molecule has 0 aliphatic heterocycles. The largest absolute Gasteiger partial charge is 0.483 e. The summed E-state index contributed by atoms with van der Waals surface area (Å²) in [6.45, 7) is 3.42. The van der Waals surface area contributed by atoms with Gasteiger partial charge in [0, 0.05) is 5.69 Å². The Morgan fingerprint density at radius 3 is 2.33 bits per heavy atom. The number of aliphatic carboxylic acids is 1. The van der Waals surface area contributed by atoms with Crippen molar-refractivity contribution in [2.75, 3.05) is 18.5 Å². The van der Waals surface area contributed by atoms with E-state index in [1.807, 2.05) is 32.0 Å². The normalized spacial score (nSPS) is 10.1.